The third-order valence-electron chi connectivity index (χ3n) is 4.18. The lowest BCUT2D eigenvalue weighted by Gasteiger charge is -2.40. The number of nitrogens with zero attached hydrogens (tertiary/aromatic N) is 1. The van der Waals surface area contributed by atoms with Crippen LogP contribution >= 0.6 is 0 Å². The van der Waals surface area contributed by atoms with Gasteiger partial charge in [-0.3, -0.25) is 4.90 Å². The summed E-state index contributed by atoms with van der Waals surface area (Å²) in [5.41, 5.74) is 0. The van der Waals surface area contributed by atoms with Crippen molar-refractivity contribution in [3.63, 3.8) is 0 Å². The molecule has 112 valence electrons. The lowest BCUT2D eigenvalue weighted by molar-refractivity contribution is 0.117. The van der Waals surface area contributed by atoms with Gasteiger partial charge < -0.3 is 10.1 Å². The van der Waals surface area contributed by atoms with Gasteiger partial charge in [0.05, 0.1) is 6.61 Å². The molecule has 0 spiro atoms. The third-order valence-corrected chi connectivity index (χ3v) is 4.18. The molecule has 1 aromatic carbocycles. The van der Waals surface area contributed by atoms with Gasteiger partial charge in [-0.05, 0) is 31.4 Å². The minimum atomic E-state index is 0.660. The van der Waals surface area contributed by atoms with Gasteiger partial charge in [-0.2, -0.15) is 0 Å². The van der Waals surface area contributed by atoms with Gasteiger partial charge in [-0.25, -0.2) is 0 Å². The maximum absolute atomic E-state index is 5.78. The minimum absolute atomic E-state index is 0.660. The molecule has 3 heteroatoms. The summed E-state index contributed by atoms with van der Waals surface area (Å²) in [5.74, 6) is 0.978. The van der Waals surface area contributed by atoms with Crippen LogP contribution in [0, 0.1) is 0 Å². The Morgan fingerprint density at radius 1 is 1.20 bits per heavy atom. The zero-order valence-electron chi connectivity index (χ0n) is 12.8. The highest BCUT2D eigenvalue weighted by atomic mass is 16.5. The molecule has 1 saturated heterocycles. The number of piperazine rings is 1. The fourth-order valence-electron chi connectivity index (χ4n) is 2.85. The van der Waals surface area contributed by atoms with Crippen molar-refractivity contribution < 1.29 is 4.74 Å². The van der Waals surface area contributed by atoms with E-state index >= 15 is 0 Å². The molecule has 1 aromatic rings. The van der Waals surface area contributed by atoms with Crippen molar-refractivity contribution >= 4 is 0 Å². The van der Waals surface area contributed by atoms with Crippen molar-refractivity contribution in [2.24, 2.45) is 0 Å². The number of ether oxygens (including phenoxy) is 1. The molecule has 1 N–H and O–H groups in total. The molecule has 0 amide bonds. The van der Waals surface area contributed by atoms with Crippen molar-refractivity contribution in [2.45, 2.75) is 45.2 Å². The van der Waals surface area contributed by atoms with E-state index in [4.69, 9.17) is 4.74 Å². The van der Waals surface area contributed by atoms with Crippen molar-refractivity contribution in [1.29, 1.82) is 0 Å². The molecule has 1 aliphatic rings. The number of hydrogen-bond donors (Lipinski definition) is 1. The van der Waals surface area contributed by atoms with Gasteiger partial charge in [0.25, 0.3) is 0 Å². The van der Waals surface area contributed by atoms with Crippen molar-refractivity contribution in [2.75, 3.05) is 26.2 Å². The molecule has 2 atom stereocenters. The molecule has 0 bridgehead atoms. The van der Waals surface area contributed by atoms with Gasteiger partial charge >= 0.3 is 0 Å². The van der Waals surface area contributed by atoms with E-state index in [1.165, 1.54) is 19.4 Å². The van der Waals surface area contributed by atoms with Crippen LogP contribution in [-0.2, 0) is 0 Å². The van der Waals surface area contributed by atoms with Crippen LogP contribution in [0.15, 0.2) is 30.3 Å². The van der Waals surface area contributed by atoms with Crippen LogP contribution in [0.2, 0.25) is 0 Å². The Kier molecular flexibility index (Phi) is 6.34. The average Bonchev–Trinajstić information content (AvgIpc) is 2.52. The molecule has 0 aromatic heterocycles. The Labute approximate surface area is 123 Å². The maximum Gasteiger partial charge on any atom is 0.119 e. The molecular formula is C17H28N2O. The van der Waals surface area contributed by atoms with E-state index in [1.807, 2.05) is 30.3 Å². The van der Waals surface area contributed by atoms with Gasteiger partial charge in [-0.1, -0.05) is 32.0 Å². The molecule has 0 aliphatic carbocycles. The topological polar surface area (TPSA) is 24.5 Å². The van der Waals surface area contributed by atoms with E-state index in [9.17, 15) is 0 Å². The van der Waals surface area contributed by atoms with E-state index in [1.54, 1.807) is 0 Å². The first kappa shape index (κ1) is 15.3. The molecule has 3 nitrogen and oxygen atoms in total. The summed E-state index contributed by atoms with van der Waals surface area (Å²) in [4.78, 5) is 2.64. The number of para-hydroxylation sites is 1. The molecule has 2 rings (SSSR count). The van der Waals surface area contributed by atoms with Crippen LogP contribution < -0.4 is 10.1 Å². The van der Waals surface area contributed by atoms with Crippen LogP contribution in [0.25, 0.3) is 0 Å². The number of hydrogen-bond acceptors (Lipinski definition) is 3. The maximum atomic E-state index is 5.78. The molecule has 1 heterocycles. The van der Waals surface area contributed by atoms with E-state index < -0.39 is 0 Å². The molecule has 1 fully saturated rings. The first-order chi connectivity index (χ1) is 9.83. The molecule has 20 heavy (non-hydrogen) atoms. The van der Waals surface area contributed by atoms with Gasteiger partial charge in [0, 0.05) is 31.7 Å². The predicted molar refractivity (Wildman–Crippen MR) is 84.3 cm³/mol. The molecule has 2 unspecified atom stereocenters. The molecular weight excluding hydrogens is 248 g/mol. The Hall–Kier alpha value is -1.06. The van der Waals surface area contributed by atoms with Crippen LogP contribution in [0.3, 0.4) is 0 Å². The Morgan fingerprint density at radius 2 is 2.00 bits per heavy atom. The summed E-state index contributed by atoms with van der Waals surface area (Å²) in [7, 11) is 0. The smallest absolute Gasteiger partial charge is 0.119 e. The van der Waals surface area contributed by atoms with Crippen LogP contribution in [0.1, 0.15) is 33.1 Å². The number of rotatable bonds is 7. The number of benzene rings is 1. The summed E-state index contributed by atoms with van der Waals surface area (Å²) in [5, 5.41) is 3.64. The van der Waals surface area contributed by atoms with Crippen molar-refractivity contribution in [3.05, 3.63) is 30.3 Å². The highest BCUT2D eigenvalue weighted by Crippen LogP contribution is 2.13. The Balaban J connectivity index is 1.71. The van der Waals surface area contributed by atoms with E-state index in [0.717, 1.165) is 31.9 Å². The van der Waals surface area contributed by atoms with Gasteiger partial charge in [0.1, 0.15) is 5.75 Å². The highest BCUT2D eigenvalue weighted by molar-refractivity contribution is 5.20. The van der Waals surface area contributed by atoms with Crippen molar-refractivity contribution in [3.8, 4) is 5.75 Å². The second-order valence-electron chi connectivity index (χ2n) is 5.59. The second kappa shape index (κ2) is 8.28. The summed E-state index contributed by atoms with van der Waals surface area (Å²) >= 11 is 0. The quantitative estimate of drug-likeness (QED) is 0.775. The lowest BCUT2D eigenvalue weighted by atomic mass is 10.1. The Bertz CT molecular complexity index is 369. The van der Waals surface area contributed by atoms with E-state index in [0.29, 0.717) is 12.1 Å². The third kappa shape index (κ3) is 4.50. The SMILES string of the molecule is CCC1CN(CCCOc2ccccc2)C(CC)CN1. The Morgan fingerprint density at radius 3 is 2.70 bits per heavy atom. The van der Waals surface area contributed by atoms with Gasteiger partial charge in [-0.15, -0.1) is 0 Å². The van der Waals surface area contributed by atoms with Crippen LogP contribution in [-0.4, -0.2) is 43.2 Å². The predicted octanol–water partition coefficient (Wildman–Crippen LogP) is 2.92. The van der Waals surface area contributed by atoms with Crippen LogP contribution in [0.4, 0.5) is 0 Å². The van der Waals surface area contributed by atoms with Crippen LogP contribution in [0.5, 0.6) is 5.75 Å². The fourth-order valence-corrected chi connectivity index (χ4v) is 2.85. The van der Waals surface area contributed by atoms with E-state index in [-0.39, 0.29) is 0 Å². The number of nitrogens with one attached hydrogen (secondary N) is 1. The summed E-state index contributed by atoms with van der Waals surface area (Å²) in [6.45, 7) is 8.81. The average molecular weight is 276 g/mol. The fraction of sp³-hybridized carbons (Fsp3) is 0.647. The molecule has 0 saturated carbocycles. The van der Waals surface area contributed by atoms with Gasteiger partial charge in [0.15, 0.2) is 0 Å². The zero-order valence-corrected chi connectivity index (χ0v) is 12.8. The monoisotopic (exact) mass is 276 g/mol. The largest absolute Gasteiger partial charge is 0.494 e. The first-order valence-corrected chi connectivity index (χ1v) is 7.98. The standard InChI is InChI=1S/C17H28N2O/c1-3-15-14-19(16(4-2)13-18-15)11-8-12-20-17-9-6-5-7-10-17/h5-7,9-10,15-16,18H,3-4,8,11-14H2,1-2H3. The highest BCUT2D eigenvalue weighted by Gasteiger charge is 2.24. The summed E-state index contributed by atoms with van der Waals surface area (Å²) < 4.78 is 5.78. The van der Waals surface area contributed by atoms with E-state index in [2.05, 4.69) is 24.1 Å². The summed E-state index contributed by atoms with van der Waals surface area (Å²) in [6.07, 6.45) is 3.54. The molecule has 0 radical (unpaired) electrons. The normalized spacial score (nSPS) is 23.7. The lowest BCUT2D eigenvalue weighted by Crippen LogP contribution is -2.56. The molecule has 1 aliphatic heterocycles. The van der Waals surface area contributed by atoms with Gasteiger partial charge in [0.2, 0.25) is 0 Å². The minimum Gasteiger partial charge on any atom is -0.494 e. The zero-order chi connectivity index (χ0) is 14.2. The second-order valence-corrected chi connectivity index (χ2v) is 5.59. The summed E-state index contributed by atoms with van der Waals surface area (Å²) in [6, 6.07) is 11.4. The van der Waals surface area contributed by atoms with Crippen molar-refractivity contribution in [1.82, 2.24) is 10.2 Å². The first-order valence-electron chi connectivity index (χ1n) is 7.98.